The van der Waals surface area contributed by atoms with E-state index in [0.717, 1.165) is 6.08 Å². The summed E-state index contributed by atoms with van der Waals surface area (Å²) in [6.07, 6.45) is 5.50. The highest BCUT2D eigenvalue weighted by Gasteiger charge is 2.08. The van der Waals surface area contributed by atoms with Crippen molar-refractivity contribution in [3.63, 3.8) is 0 Å². The third-order valence-corrected chi connectivity index (χ3v) is 2.69. The normalized spacial score (nSPS) is 10.5. The summed E-state index contributed by atoms with van der Waals surface area (Å²) in [5.74, 6) is -1.39. The van der Waals surface area contributed by atoms with E-state index in [1.807, 2.05) is 0 Å². The van der Waals surface area contributed by atoms with Gasteiger partial charge in [0.05, 0.1) is 11.4 Å². The second kappa shape index (κ2) is 6.42. The van der Waals surface area contributed by atoms with Gasteiger partial charge < -0.3 is 10.4 Å². The van der Waals surface area contributed by atoms with Crippen LogP contribution in [-0.4, -0.2) is 27.0 Å². The van der Waals surface area contributed by atoms with Gasteiger partial charge in [-0.2, -0.15) is 0 Å². The quantitative estimate of drug-likeness (QED) is 0.839. The number of aromatic nitrogens is 2. The molecule has 0 fully saturated rings. The first kappa shape index (κ1) is 14.4. The average Bonchev–Trinajstić information content (AvgIpc) is 2.48. The van der Waals surface area contributed by atoms with E-state index in [-0.39, 0.29) is 11.6 Å². The molecular weight excluding hydrogens is 270 g/mol. The molecule has 0 aliphatic rings. The fraction of sp³-hybridized carbons (Fsp3) is 0.0667. The molecule has 0 aliphatic carbocycles. The van der Waals surface area contributed by atoms with E-state index in [4.69, 9.17) is 5.11 Å². The van der Waals surface area contributed by atoms with Crippen LogP contribution >= 0.6 is 0 Å². The second-order valence-electron chi connectivity index (χ2n) is 4.24. The first-order valence-corrected chi connectivity index (χ1v) is 6.16. The van der Waals surface area contributed by atoms with Gasteiger partial charge in [0.1, 0.15) is 5.69 Å². The molecule has 0 spiro atoms. The summed E-state index contributed by atoms with van der Waals surface area (Å²) in [5, 5.41) is 11.3. The number of aryl methyl sites for hydroxylation is 1. The average molecular weight is 283 g/mol. The molecular formula is C15H13N3O3. The number of pyridine rings is 2. The Labute approximate surface area is 121 Å². The van der Waals surface area contributed by atoms with Crippen molar-refractivity contribution in [2.75, 3.05) is 5.32 Å². The number of nitrogens with one attached hydrogen (secondary N) is 1. The van der Waals surface area contributed by atoms with Gasteiger partial charge in [0.25, 0.3) is 5.91 Å². The minimum Gasteiger partial charge on any atom is -0.478 e. The lowest BCUT2D eigenvalue weighted by molar-refractivity contribution is -0.131. The standard InChI is InChI=1S/C15H13N3O3/c1-10-12(3-2-8-16-10)18-15(21)13-6-4-11(9-17-13)5-7-14(19)20/h2-9H,1H3,(H,18,21)(H,19,20). The number of hydrogen-bond donors (Lipinski definition) is 2. The third-order valence-electron chi connectivity index (χ3n) is 2.69. The smallest absolute Gasteiger partial charge is 0.328 e. The first-order chi connectivity index (χ1) is 10.1. The molecule has 6 nitrogen and oxygen atoms in total. The minimum absolute atomic E-state index is 0.241. The van der Waals surface area contributed by atoms with Crippen LogP contribution in [0.5, 0.6) is 0 Å². The number of carboxylic acids is 1. The van der Waals surface area contributed by atoms with Crippen molar-refractivity contribution in [2.45, 2.75) is 6.92 Å². The lowest BCUT2D eigenvalue weighted by atomic mass is 10.2. The molecule has 21 heavy (non-hydrogen) atoms. The molecule has 0 bridgehead atoms. The summed E-state index contributed by atoms with van der Waals surface area (Å²) >= 11 is 0. The number of carboxylic acid groups (broad SMARTS) is 1. The van der Waals surface area contributed by atoms with Crippen molar-refractivity contribution >= 4 is 23.6 Å². The Morgan fingerprint density at radius 2 is 2.05 bits per heavy atom. The zero-order chi connectivity index (χ0) is 15.2. The van der Waals surface area contributed by atoms with Crippen molar-refractivity contribution < 1.29 is 14.7 Å². The van der Waals surface area contributed by atoms with Crippen LogP contribution in [-0.2, 0) is 4.79 Å². The van der Waals surface area contributed by atoms with Crippen LogP contribution in [0.4, 0.5) is 5.69 Å². The van der Waals surface area contributed by atoms with Crippen LogP contribution < -0.4 is 5.32 Å². The van der Waals surface area contributed by atoms with Crippen LogP contribution in [0.15, 0.2) is 42.7 Å². The van der Waals surface area contributed by atoms with Crippen LogP contribution in [0, 0.1) is 6.92 Å². The molecule has 1 amide bonds. The van der Waals surface area contributed by atoms with E-state index in [1.165, 1.54) is 18.3 Å². The van der Waals surface area contributed by atoms with Crippen molar-refractivity contribution in [1.29, 1.82) is 0 Å². The van der Waals surface area contributed by atoms with E-state index < -0.39 is 5.97 Å². The molecule has 0 atom stereocenters. The molecule has 2 N–H and O–H groups in total. The van der Waals surface area contributed by atoms with Crippen LogP contribution in [0.25, 0.3) is 6.08 Å². The van der Waals surface area contributed by atoms with Crippen molar-refractivity contribution in [2.24, 2.45) is 0 Å². The maximum absolute atomic E-state index is 12.0. The lowest BCUT2D eigenvalue weighted by Crippen LogP contribution is -2.14. The lowest BCUT2D eigenvalue weighted by Gasteiger charge is -2.06. The second-order valence-corrected chi connectivity index (χ2v) is 4.24. The summed E-state index contributed by atoms with van der Waals surface area (Å²) in [6, 6.07) is 6.64. The number of hydrogen-bond acceptors (Lipinski definition) is 4. The fourth-order valence-electron chi connectivity index (χ4n) is 1.61. The molecule has 0 aromatic carbocycles. The fourth-order valence-corrected chi connectivity index (χ4v) is 1.61. The van der Waals surface area contributed by atoms with Crippen LogP contribution in [0.1, 0.15) is 21.7 Å². The maximum Gasteiger partial charge on any atom is 0.328 e. The predicted molar refractivity (Wildman–Crippen MR) is 77.8 cm³/mol. The summed E-state index contributed by atoms with van der Waals surface area (Å²) in [4.78, 5) is 30.5. The molecule has 106 valence electrons. The summed E-state index contributed by atoms with van der Waals surface area (Å²) in [6.45, 7) is 1.79. The van der Waals surface area contributed by atoms with Gasteiger partial charge in [0.2, 0.25) is 0 Å². The molecule has 6 heteroatoms. The molecule has 2 heterocycles. The highest BCUT2D eigenvalue weighted by Crippen LogP contribution is 2.12. The Kier molecular flexibility index (Phi) is 4.40. The summed E-state index contributed by atoms with van der Waals surface area (Å²) in [5.41, 5.74) is 2.18. The van der Waals surface area contributed by atoms with E-state index in [0.29, 0.717) is 16.9 Å². The SMILES string of the molecule is Cc1ncccc1NC(=O)c1ccc(C=CC(=O)O)cn1. The molecule has 0 aliphatic heterocycles. The first-order valence-electron chi connectivity index (χ1n) is 6.16. The number of carbonyl (C=O) groups excluding carboxylic acids is 1. The predicted octanol–water partition coefficient (Wildman–Crippen LogP) is 2.14. The van der Waals surface area contributed by atoms with Gasteiger partial charge in [-0.1, -0.05) is 6.07 Å². The minimum atomic E-state index is -1.04. The van der Waals surface area contributed by atoms with E-state index in [9.17, 15) is 9.59 Å². The Balaban J connectivity index is 2.10. The summed E-state index contributed by atoms with van der Waals surface area (Å²) in [7, 11) is 0. The number of amides is 1. The number of rotatable bonds is 4. The van der Waals surface area contributed by atoms with Crippen LogP contribution in [0.2, 0.25) is 0 Å². The molecule has 0 saturated carbocycles. The van der Waals surface area contributed by atoms with Gasteiger partial charge >= 0.3 is 5.97 Å². The Morgan fingerprint density at radius 1 is 1.24 bits per heavy atom. The maximum atomic E-state index is 12.0. The van der Waals surface area contributed by atoms with Crippen LogP contribution in [0.3, 0.4) is 0 Å². The number of aliphatic carboxylic acids is 1. The van der Waals surface area contributed by atoms with E-state index in [2.05, 4.69) is 15.3 Å². The Hall–Kier alpha value is -3.02. The monoisotopic (exact) mass is 283 g/mol. The highest BCUT2D eigenvalue weighted by molar-refractivity contribution is 6.03. The Morgan fingerprint density at radius 3 is 2.67 bits per heavy atom. The molecule has 2 rings (SSSR count). The molecule has 0 saturated heterocycles. The molecule has 0 unspecified atom stereocenters. The Bertz CT molecular complexity index is 694. The van der Waals surface area contributed by atoms with Crippen molar-refractivity contribution in [1.82, 2.24) is 9.97 Å². The van der Waals surface area contributed by atoms with Gasteiger partial charge in [0.15, 0.2) is 0 Å². The van der Waals surface area contributed by atoms with Gasteiger partial charge in [-0.05, 0) is 36.8 Å². The zero-order valence-corrected chi connectivity index (χ0v) is 11.3. The zero-order valence-electron chi connectivity index (χ0n) is 11.3. The highest BCUT2D eigenvalue weighted by atomic mass is 16.4. The summed E-state index contributed by atoms with van der Waals surface area (Å²) < 4.78 is 0. The van der Waals surface area contributed by atoms with E-state index >= 15 is 0 Å². The van der Waals surface area contributed by atoms with Crippen molar-refractivity contribution in [3.8, 4) is 0 Å². The van der Waals surface area contributed by atoms with Gasteiger partial charge in [-0.25, -0.2) is 4.79 Å². The number of anilines is 1. The third kappa shape index (κ3) is 3.97. The number of carbonyl (C=O) groups is 2. The van der Waals surface area contributed by atoms with E-state index in [1.54, 1.807) is 31.3 Å². The van der Waals surface area contributed by atoms with Gasteiger partial charge in [-0.15, -0.1) is 0 Å². The largest absolute Gasteiger partial charge is 0.478 e. The van der Waals surface area contributed by atoms with Gasteiger partial charge in [0, 0.05) is 18.5 Å². The van der Waals surface area contributed by atoms with Gasteiger partial charge in [-0.3, -0.25) is 14.8 Å². The van der Waals surface area contributed by atoms with Crippen molar-refractivity contribution in [3.05, 3.63) is 59.7 Å². The topological polar surface area (TPSA) is 92.2 Å². The number of nitrogens with zero attached hydrogens (tertiary/aromatic N) is 2. The molecule has 2 aromatic rings. The molecule has 0 radical (unpaired) electrons. The molecule has 2 aromatic heterocycles.